The first-order chi connectivity index (χ1) is 10.4. The van der Waals surface area contributed by atoms with E-state index in [2.05, 4.69) is 29.2 Å². The first-order valence-electron chi connectivity index (χ1n) is 8.18. The zero-order chi connectivity index (χ0) is 16.0. The first kappa shape index (κ1) is 16.8. The van der Waals surface area contributed by atoms with Crippen molar-refractivity contribution in [3.05, 3.63) is 35.9 Å². The molecule has 0 radical (unpaired) electrons. The van der Waals surface area contributed by atoms with Gasteiger partial charge in [0.1, 0.15) is 5.60 Å². The van der Waals surface area contributed by atoms with E-state index in [0.29, 0.717) is 0 Å². The Morgan fingerprint density at radius 2 is 1.82 bits per heavy atom. The summed E-state index contributed by atoms with van der Waals surface area (Å²) in [5.74, 6) is 0. The van der Waals surface area contributed by atoms with E-state index in [4.69, 9.17) is 4.74 Å². The summed E-state index contributed by atoms with van der Waals surface area (Å²) in [7, 11) is 0. The SMILES string of the molecule is CC(C)(C)OC(=O)N1CCCN(CCc2ccccc2)CC1. The van der Waals surface area contributed by atoms with Gasteiger partial charge in [-0.2, -0.15) is 0 Å². The third-order valence-electron chi connectivity index (χ3n) is 3.80. The minimum atomic E-state index is -0.420. The zero-order valence-corrected chi connectivity index (χ0v) is 14.0. The third kappa shape index (κ3) is 5.68. The fourth-order valence-corrected chi connectivity index (χ4v) is 2.64. The quantitative estimate of drug-likeness (QED) is 0.860. The maximum absolute atomic E-state index is 12.1. The second-order valence-electron chi connectivity index (χ2n) is 6.90. The Balaban J connectivity index is 1.78. The molecular formula is C18H28N2O2. The van der Waals surface area contributed by atoms with Crippen molar-refractivity contribution in [1.29, 1.82) is 0 Å². The molecule has 0 saturated carbocycles. The van der Waals surface area contributed by atoms with Crippen molar-refractivity contribution in [3.63, 3.8) is 0 Å². The lowest BCUT2D eigenvalue weighted by Crippen LogP contribution is -2.39. The molecule has 0 aromatic heterocycles. The second-order valence-corrected chi connectivity index (χ2v) is 6.90. The highest BCUT2D eigenvalue weighted by Crippen LogP contribution is 2.12. The molecule has 1 heterocycles. The van der Waals surface area contributed by atoms with Crippen LogP contribution in [0, 0.1) is 0 Å². The highest BCUT2D eigenvalue weighted by atomic mass is 16.6. The maximum Gasteiger partial charge on any atom is 0.410 e. The van der Waals surface area contributed by atoms with Gasteiger partial charge in [0, 0.05) is 26.2 Å². The topological polar surface area (TPSA) is 32.8 Å². The Morgan fingerprint density at radius 1 is 1.09 bits per heavy atom. The van der Waals surface area contributed by atoms with Crippen LogP contribution in [0.1, 0.15) is 32.8 Å². The number of nitrogens with zero attached hydrogens (tertiary/aromatic N) is 2. The number of carbonyl (C=O) groups excluding carboxylic acids is 1. The summed E-state index contributed by atoms with van der Waals surface area (Å²) < 4.78 is 5.47. The van der Waals surface area contributed by atoms with Crippen molar-refractivity contribution < 1.29 is 9.53 Å². The molecule has 0 atom stereocenters. The van der Waals surface area contributed by atoms with Crippen LogP contribution in [-0.2, 0) is 11.2 Å². The number of hydrogen-bond acceptors (Lipinski definition) is 3. The zero-order valence-electron chi connectivity index (χ0n) is 14.0. The van der Waals surface area contributed by atoms with Gasteiger partial charge in [-0.3, -0.25) is 0 Å². The summed E-state index contributed by atoms with van der Waals surface area (Å²) in [6, 6.07) is 10.6. The Morgan fingerprint density at radius 3 is 2.50 bits per heavy atom. The highest BCUT2D eigenvalue weighted by Gasteiger charge is 2.24. The molecule has 0 spiro atoms. The predicted molar refractivity (Wildman–Crippen MR) is 89.0 cm³/mol. The molecule has 1 saturated heterocycles. The Bertz CT molecular complexity index is 468. The molecule has 0 N–H and O–H groups in total. The third-order valence-corrected chi connectivity index (χ3v) is 3.80. The standard InChI is InChI=1S/C18H28N2O2/c1-18(2,3)22-17(21)20-12-7-11-19(14-15-20)13-10-16-8-5-4-6-9-16/h4-6,8-9H,7,10-15H2,1-3H3. The minimum Gasteiger partial charge on any atom is -0.444 e. The molecule has 1 aliphatic rings. The molecule has 0 aliphatic carbocycles. The number of carbonyl (C=O) groups is 1. The molecule has 1 amide bonds. The fourth-order valence-electron chi connectivity index (χ4n) is 2.64. The van der Waals surface area contributed by atoms with E-state index in [1.54, 1.807) is 0 Å². The van der Waals surface area contributed by atoms with Gasteiger partial charge in [0.25, 0.3) is 0 Å². The lowest BCUT2D eigenvalue weighted by Gasteiger charge is -2.26. The van der Waals surface area contributed by atoms with Crippen LogP contribution in [0.15, 0.2) is 30.3 Å². The molecule has 1 aliphatic heterocycles. The number of ether oxygens (including phenoxy) is 1. The van der Waals surface area contributed by atoms with Crippen molar-refractivity contribution in [2.45, 2.75) is 39.2 Å². The molecule has 22 heavy (non-hydrogen) atoms. The van der Waals surface area contributed by atoms with Gasteiger partial charge in [0.05, 0.1) is 0 Å². The molecule has 4 nitrogen and oxygen atoms in total. The van der Waals surface area contributed by atoms with Crippen molar-refractivity contribution in [1.82, 2.24) is 9.80 Å². The van der Waals surface area contributed by atoms with Crippen LogP contribution in [0.2, 0.25) is 0 Å². The smallest absolute Gasteiger partial charge is 0.410 e. The first-order valence-corrected chi connectivity index (χ1v) is 8.18. The van der Waals surface area contributed by atoms with Gasteiger partial charge in [-0.05, 0) is 45.7 Å². The maximum atomic E-state index is 12.1. The minimum absolute atomic E-state index is 0.183. The molecular weight excluding hydrogens is 276 g/mol. The van der Waals surface area contributed by atoms with Crippen LogP contribution in [0.25, 0.3) is 0 Å². The van der Waals surface area contributed by atoms with Crippen molar-refractivity contribution >= 4 is 6.09 Å². The van der Waals surface area contributed by atoms with Gasteiger partial charge in [0.15, 0.2) is 0 Å². The molecule has 1 aromatic carbocycles. The molecule has 122 valence electrons. The van der Waals surface area contributed by atoms with Crippen LogP contribution in [0.3, 0.4) is 0 Å². The Labute approximate surface area is 134 Å². The summed E-state index contributed by atoms with van der Waals surface area (Å²) in [6.07, 6.45) is 1.89. The van der Waals surface area contributed by atoms with Gasteiger partial charge in [-0.25, -0.2) is 4.79 Å². The fraction of sp³-hybridized carbons (Fsp3) is 0.611. The van der Waals surface area contributed by atoms with Crippen LogP contribution < -0.4 is 0 Å². The van der Waals surface area contributed by atoms with E-state index in [9.17, 15) is 4.79 Å². The van der Waals surface area contributed by atoms with Gasteiger partial charge < -0.3 is 14.5 Å². The van der Waals surface area contributed by atoms with Gasteiger partial charge >= 0.3 is 6.09 Å². The number of benzene rings is 1. The monoisotopic (exact) mass is 304 g/mol. The normalized spacial score (nSPS) is 17.1. The molecule has 1 fully saturated rings. The Hall–Kier alpha value is -1.55. The van der Waals surface area contributed by atoms with E-state index in [1.807, 2.05) is 31.7 Å². The van der Waals surface area contributed by atoms with E-state index >= 15 is 0 Å². The number of hydrogen-bond donors (Lipinski definition) is 0. The van der Waals surface area contributed by atoms with Crippen molar-refractivity contribution in [2.24, 2.45) is 0 Å². The Kier molecular flexibility index (Phi) is 5.83. The predicted octanol–water partition coefficient (Wildman–Crippen LogP) is 3.17. The summed E-state index contributed by atoms with van der Waals surface area (Å²) in [5, 5.41) is 0. The van der Waals surface area contributed by atoms with E-state index in [-0.39, 0.29) is 6.09 Å². The summed E-state index contributed by atoms with van der Waals surface area (Å²) >= 11 is 0. The van der Waals surface area contributed by atoms with Gasteiger partial charge in [-0.1, -0.05) is 30.3 Å². The van der Waals surface area contributed by atoms with Gasteiger partial charge in [-0.15, -0.1) is 0 Å². The van der Waals surface area contributed by atoms with Crippen LogP contribution in [-0.4, -0.2) is 54.2 Å². The largest absolute Gasteiger partial charge is 0.444 e. The summed E-state index contributed by atoms with van der Waals surface area (Å²) in [5.41, 5.74) is 0.951. The lowest BCUT2D eigenvalue weighted by atomic mass is 10.1. The van der Waals surface area contributed by atoms with Crippen LogP contribution >= 0.6 is 0 Å². The van der Waals surface area contributed by atoms with Gasteiger partial charge in [0.2, 0.25) is 0 Å². The van der Waals surface area contributed by atoms with Crippen molar-refractivity contribution in [3.8, 4) is 0 Å². The molecule has 4 heteroatoms. The second kappa shape index (κ2) is 7.63. The summed E-state index contributed by atoms with van der Waals surface area (Å²) in [4.78, 5) is 16.4. The van der Waals surface area contributed by atoms with E-state index in [0.717, 1.165) is 45.6 Å². The number of amides is 1. The number of rotatable bonds is 3. The molecule has 0 unspecified atom stereocenters. The van der Waals surface area contributed by atoms with E-state index in [1.165, 1.54) is 5.56 Å². The molecule has 2 rings (SSSR count). The molecule has 0 bridgehead atoms. The average Bonchev–Trinajstić information content (AvgIpc) is 2.70. The highest BCUT2D eigenvalue weighted by molar-refractivity contribution is 5.68. The summed E-state index contributed by atoms with van der Waals surface area (Å²) in [6.45, 7) is 10.3. The van der Waals surface area contributed by atoms with Crippen molar-refractivity contribution in [2.75, 3.05) is 32.7 Å². The van der Waals surface area contributed by atoms with Crippen LogP contribution in [0.5, 0.6) is 0 Å². The molecule has 1 aromatic rings. The van der Waals surface area contributed by atoms with E-state index < -0.39 is 5.60 Å². The lowest BCUT2D eigenvalue weighted by molar-refractivity contribution is 0.0258. The average molecular weight is 304 g/mol. The van der Waals surface area contributed by atoms with Crippen LogP contribution in [0.4, 0.5) is 4.79 Å².